The van der Waals surface area contributed by atoms with E-state index in [0.29, 0.717) is 0 Å². The van der Waals surface area contributed by atoms with Crippen molar-refractivity contribution in [3.05, 3.63) is 11.9 Å². The van der Waals surface area contributed by atoms with Gasteiger partial charge in [0.05, 0.1) is 0 Å². The molecular weight excluding hydrogens is 451 g/mol. The predicted octanol–water partition coefficient (Wildman–Crippen LogP) is 11.9. The highest BCUT2D eigenvalue weighted by molar-refractivity contribution is 7.56. The molecule has 0 radical (unpaired) electrons. The zero-order valence-corrected chi connectivity index (χ0v) is 24.9. The van der Waals surface area contributed by atoms with Gasteiger partial charge in [0.25, 0.3) is 0 Å². The average molecular weight is 515 g/mol. The van der Waals surface area contributed by atoms with Crippen molar-refractivity contribution < 1.29 is 14.0 Å². The smallest absolute Gasteiger partial charge is 0.321 e. The molecule has 4 heteroatoms. The van der Waals surface area contributed by atoms with Gasteiger partial charge in [-0.3, -0.25) is 4.57 Å². The summed E-state index contributed by atoms with van der Waals surface area (Å²) in [7, 11) is -2.18. The molecule has 0 amide bonds. The number of hydrogen-bond donors (Lipinski definition) is 1. The molecule has 0 aromatic carbocycles. The van der Waals surface area contributed by atoms with Crippen molar-refractivity contribution in [3.8, 4) is 0 Å². The molecule has 0 saturated carbocycles. The topological polar surface area (TPSA) is 46.5 Å². The molecule has 0 saturated heterocycles. The standard InChI is InChI=1S/C31H63O3P/c1-3-4-5-6-7-8-9-10-11-12-13-14-15-16-17-18-19-20-21-22-23-24-25-26-27-28-29-30-31-35(32,33)34-2/h30-31H,3-29H2,1-2H3,(H,32,33). The van der Waals surface area contributed by atoms with E-state index in [4.69, 9.17) is 0 Å². The van der Waals surface area contributed by atoms with E-state index >= 15 is 0 Å². The van der Waals surface area contributed by atoms with Gasteiger partial charge in [-0.25, -0.2) is 0 Å². The van der Waals surface area contributed by atoms with E-state index < -0.39 is 7.60 Å². The van der Waals surface area contributed by atoms with E-state index in [-0.39, 0.29) is 0 Å². The van der Waals surface area contributed by atoms with Crippen LogP contribution in [-0.2, 0) is 9.09 Å². The summed E-state index contributed by atoms with van der Waals surface area (Å²) in [5.41, 5.74) is 0. The Morgan fingerprint density at radius 1 is 0.514 bits per heavy atom. The molecule has 1 unspecified atom stereocenters. The Balaban J connectivity index is 3.09. The Labute approximate surface area is 220 Å². The maximum atomic E-state index is 11.3. The second-order valence-corrected chi connectivity index (χ2v) is 12.6. The van der Waals surface area contributed by atoms with Gasteiger partial charge in [0.2, 0.25) is 0 Å². The van der Waals surface area contributed by atoms with Crippen LogP contribution in [0.5, 0.6) is 0 Å². The summed E-state index contributed by atoms with van der Waals surface area (Å²) in [5, 5.41) is 0. The summed E-state index contributed by atoms with van der Waals surface area (Å²) in [6, 6.07) is 0. The Bertz CT molecular complexity index is 478. The molecule has 0 aliphatic carbocycles. The van der Waals surface area contributed by atoms with Gasteiger partial charge in [0.15, 0.2) is 0 Å². The molecule has 0 bridgehead atoms. The molecule has 210 valence electrons. The first kappa shape index (κ1) is 34.9. The molecule has 0 heterocycles. The number of hydrogen-bond acceptors (Lipinski definition) is 2. The highest BCUT2D eigenvalue weighted by atomic mass is 31.2. The van der Waals surface area contributed by atoms with Crippen LogP contribution in [0.4, 0.5) is 0 Å². The Morgan fingerprint density at radius 3 is 1.03 bits per heavy atom. The van der Waals surface area contributed by atoms with Gasteiger partial charge in [0.1, 0.15) is 0 Å². The van der Waals surface area contributed by atoms with Crippen LogP contribution in [0.1, 0.15) is 180 Å². The van der Waals surface area contributed by atoms with Gasteiger partial charge in [0, 0.05) is 12.9 Å². The van der Waals surface area contributed by atoms with E-state index in [1.54, 1.807) is 6.08 Å². The lowest BCUT2D eigenvalue weighted by Crippen LogP contribution is -1.84. The van der Waals surface area contributed by atoms with Crippen molar-refractivity contribution in [1.82, 2.24) is 0 Å². The summed E-state index contributed by atoms with van der Waals surface area (Å²) >= 11 is 0. The Kier molecular flexibility index (Phi) is 28.4. The third-order valence-electron chi connectivity index (χ3n) is 7.28. The minimum absolute atomic E-state index is 0.868. The molecule has 1 N–H and O–H groups in total. The lowest BCUT2D eigenvalue weighted by molar-refractivity contribution is 0.326. The van der Waals surface area contributed by atoms with Gasteiger partial charge in [-0.1, -0.05) is 174 Å². The van der Waals surface area contributed by atoms with Crippen molar-refractivity contribution in [1.29, 1.82) is 0 Å². The summed E-state index contributed by atoms with van der Waals surface area (Å²) < 4.78 is 15.8. The molecule has 35 heavy (non-hydrogen) atoms. The molecule has 0 spiro atoms. The molecule has 0 aliphatic heterocycles. The number of unbranched alkanes of at least 4 members (excludes halogenated alkanes) is 26. The van der Waals surface area contributed by atoms with E-state index in [0.717, 1.165) is 12.8 Å². The van der Waals surface area contributed by atoms with Crippen molar-refractivity contribution in [2.24, 2.45) is 0 Å². The first-order chi connectivity index (χ1) is 17.1. The second kappa shape index (κ2) is 28.5. The molecule has 0 aromatic heterocycles. The van der Waals surface area contributed by atoms with Crippen LogP contribution in [0.3, 0.4) is 0 Å². The molecule has 1 atom stereocenters. The molecular formula is C31H63O3P. The van der Waals surface area contributed by atoms with Crippen molar-refractivity contribution in [2.75, 3.05) is 7.11 Å². The van der Waals surface area contributed by atoms with Crippen molar-refractivity contribution >= 4 is 7.60 Å². The van der Waals surface area contributed by atoms with Gasteiger partial charge >= 0.3 is 7.60 Å². The van der Waals surface area contributed by atoms with Crippen LogP contribution in [0, 0.1) is 0 Å². The van der Waals surface area contributed by atoms with Gasteiger partial charge in [-0.15, -0.1) is 0 Å². The SMILES string of the molecule is CCCCCCCCCCCCCCCCCCCCCCCCCCCCC=CP(=O)(O)OC. The zero-order valence-electron chi connectivity index (χ0n) is 24.0. The molecule has 0 fully saturated rings. The maximum absolute atomic E-state index is 11.3. The zero-order chi connectivity index (χ0) is 25.7. The molecule has 3 nitrogen and oxygen atoms in total. The van der Waals surface area contributed by atoms with Gasteiger partial charge < -0.3 is 9.42 Å². The highest BCUT2D eigenvalue weighted by Gasteiger charge is 2.09. The molecule has 0 aromatic rings. The van der Waals surface area contributed by atoms with Crippen LogP contribution in [0.2, 0.25) is 0 Å². The van der Waals surface area contributed by atoms with E-state index in [1.165, 1.54) is 173 Å². The monoisotopic (exact) mass is 514 g/mol. The fourth-order valence-electron chi connectivity index (χ4n) is 4.85. The third kappa shape index (κ3) is 30.0. The second-order valence-electron chi connectivity index (χ2n) is 10.8. The first-order valence-electron chi connectivity index (χ1n) is 15.7. The fraction of sp³-hybridized carbons (Fsp3) is 0.935. The fourth-order valence-corrected chi connectivity index (χ4v) is 5.38. The minimum atomic E-state index is -3.45. The van der Waals surface area contributed by atoms with Crippen molar-refractivity contribution in [2.45, 2.75) is 180 Å². The van der Waals surface area contributed by atoms with E-state index in [1.807, 2.05) is 0 Å². The highest BCUT2D eigenvalue weighted by Crippen LogP contribution is 2.42. The summed E-state index contributed by atoms with van der Waals surface area (Å²) in [5.74, 6) is 1.31. The minimum Gasteiger partial charge on any atom is -0.321 e. The van der Waals surface area contributed by atoms with Crippen LogP contribution in [-0.4, -0.2) is 12.0 Å². The van der Waals surface area contributed by atoms with Crippen molar-refractivity contribution in [3.63, 3.8) is 0 Å². The largest absolute Gasteiger partial charge is 0.351 e. The normalized spacial score (nSPS) is 13.6. The van der Waals surface area contributed by atoms with Crippen LogP contribution in [0.25, 0.3) is 0 Å². The van der Waals surface area contributed by atoms with E-state index in [2.05, 4.69) is 11.4 Å². The lowest BCUT2D eigenvalue weighted by Gasteiger charge is -2.04. The van der Waals surface area contributed by atoms with Crippen LogP contribution < -0.4 is 0 Å². The lowest BCUT2D eigenvalue weighted by atomic mass is 10.0. The Morgan fingerprint density at radius 2 is 0.771 bits per heavy atom. The molecule has 0 rings (SSSR count). The van der Waals surface area contributed by atoms with Gasteiger partial charge in [-0.2, -0.15) is 0 Å². The first-order valence-corrected chi connectivity index (χ1v) is 17.3. The quantitative estimate of drug-likeness (QED) is 0.0797. The third-order valence-corrected chi connectivity index (χ3v) is 8.39. The van der Waals surface area contributed by atoms with Crippen LogP contribution in [0.15, 0.2) is 11.9 Å². The number of rotatable bonds is 29. The van der Waals surface area contributed by atoms with Crippen LogP contribution >= 0.6 is 7.60 Å². The van der Waals surface area contributed by atoms with E-state index in [9.17, 15) is 9.46 Å². The summed E-state index contributed by atoms with van der Waals surface area (Å²) in [6.45, 7) is 2.30. The summed E-state index contributed by atoms with van der Waals surface area (Å²) in [4.78, 5) is 9.27. The summed E-state index contributed by atoms with van der Waals surface area (Å²) in [6.07, 6.45) is 39.3. The predicted molar refractivity (Wildman–Crippen MR) is 156 cm³/mol. The number of allylic oxidation sites excluding steroid dienone is 1. The van der Waals surface area contributed by atoms with Gasteiger partial charge in [-0.05, 0) is 12.8 Å². The maximum Gasteiger partial charge on any atom is 0.351 e. The average Bonchev–Trinajstić information content (AvgIpc) is 2.85. The Hall–Kier alpha value is -0.110. The molecule has 0 aliphatic rings.